The fourth-order valence-corrected chi connectivity index (χ4v) is 2.64. The van der Waals surface area contributed by atoms with Crippen LogP contribution >= 0.6 is 12.6 Å². The molecule has 0 fully saturated rings. The maximum atomic E-state index is 12.4. The first kappa shape index (κ1) is 20.5. The van der Waals surface area contributed by atoms with Gasteiger partial charge in [-0.15, -0.1) is 0 Å². The van der Waals surface area contributed by atoms with Gasteiger partial charge >= 0.3 is 11.9 Å². The lowest BCUT2D eigenvalue weighted by molar-refractivity contribution is 0.0386. The zero-order valence-corrected chi connectivity index (χ0v) is 16.6. The maximum absolute atomic E-state index is 12.4. The molecule has 0 heterocycles. The van der Waals surface area contributed by atoms with Gasteiger partial charge in [0.15, 0.2) is 0 Å². The summed E-state index contributed by atoms with van der Waals surface area (Å²) < 4.78 is 10.6. The lowest BCUT2D eigenvalue weighted by Gasteiger charge is -2.10. The van der Waals surface area contributed by atoms with Crippen molar-refractivity contribution in [1.29, 1.82) is 0 Å². The van der Waals surface area contributed by atoms with Gasteiger partial charge in [-0.3, -0.25) is 0 Å². The summed E-state index contributed by atoms with van der Waals surface area (Å²) in [6.45, 7) is 1.76. The molecule has 0 aromatic heterocycles. The second-order valence-corrected chi connectivity index (χ2v) is 6.80. The summed E-state index contributed by atoms with van der Waals surface area (Å²) in [6.07, 6.45) is -0.284. The second-order valence-electron chi connectivity index (χ2n) is 6.44. The summed E-state index contributed by atoms with van der Waals surface area (Å²) in [7, 11) is 0. The Hall–Kier alpha value is -3.25. The lowest BCUT2D eigenvalue weighted by Crippen LogP contribution is -2.16. The minimum absolute atomic E-state index is 0.199. The summed E-state index contributed by atoms with van der Waals surface area (Å²) in [5, 5.41) is 9.37. The molecule has 0 radical (unpaired) electrons. The highest BCUT2D eigenvalue weighted by atomic mass is 32.1. The highest BCUT2D eigenvalue weighted by molar-refractivity contribution is 7.80. The molecule has 1 N–H and O–H groups in total. The molecule has 1 unspecified atom stereocenters. The number of phenolic OH excluding ortho intramolecular Hbond substituents is 1. The van der Waals surface area contributed by atoms with Crippen LogP contribution in [-0.4, -0.2) is 28.9 Å². The number of ether oxygens (including phenoxy) is 2. The van der Waals surface area contributed by atoms with Crippen molar-refractivity contribution in [2.45, 2.75) is 13.0 Å². The van der Waals surface area contributed by atoms with E-state index in [0.717, 1.165) is 11.1 Å². The Morgan fingerprint density at radius 1 is 0.828 bits per heavy atom. The van der Waals surface area contributed by atoms with Gasteiger partial charge in [-0.2, -0.15) is 12.6 Å². The molecule has 5 nitrogen and oxygen atoms in total. The van der Waals surface area contributed by atoms with Crippen molar-refractivity contribution >= 4 is 24.6 Å². The largest absolute Gasteiger partial charge is 0.508 e. The van der Waals surface area contributed by atoms with E-state index in [4.69, 9.17) is 9.47 Å². The molecule has 3 rings (SSSR count). The van der Waals surface area contributed by atoms with Gasteiger partial charge in [0, 0.05) is 5.75 Å². The molecule has 0 amide bonds. The van der Waals surface area contributed by atoms with Gasteiger partial charge in [0.05, 0.1) is 11.1 Å². The van der Waals surface area contributed by atoms with Crippen molar-refractivity contribution < 1.29 is 24.2 Å². The second kappa shape index (κ2) is 9.30. The van der Waals surface area contributed by atoms with Crippen LogP contribution in [0.3, 0.4) is 0 Å². The number of carbonyl (C=O) groups is 2. The van der Waals surface area contributed by atoms with E-state index in [-0.39, 0.29) is 11.9 Å². The van der Waals surface area contributed by atoms with E-state index in [1.807, 2.05) is 12.1 Å². The molecule has 0 saturated carbocycles. The third-order valence-corrected chi connectivity index (χ3v) is 4.70. The molecule has 29 heavy (non-hydrogen) atoms. The van der Waals surface area contributed by atoms with E-state index in [2.05, 4.69) is 12.6 Å². The molecular weight excluding hydrogens is 388 g/mol. The fourth-order valence-electron chi connectivity index (χ4n) is 2.57. The molecule has 0 bridgehead atoms. The molecule has 0 saturated heterocycles. The number of hydrogen-bond acceptors (Lipinski definition) is 6. The number of hydrogen-bond donors (Lipinski definition) is 2. The van der Waals surface area contributed by atoms with Crippen molar-refractivity contribution in [3.63, 3.8) is 0 Å². The highest BCUT2D eigenvalue weighted by Crippen LogP contribution is 2.23. The number of aromatic hydroxyl groups is 1. The Morgan fingerprint density at radius 3 is 1.86 bits per heavy atom. The van der Waals surface area contributed by atoms with E-state index in [1.165, 1.54) is 0 Å². The minimum atomic E-state index is -0.499. The quantitative estimate of drug-likeness (QED) is 0.350. The average Bonchev–Trinajstić information content (AvgIpc) is 2.74. The van der Waals surface area contributed by atoms with Gasteiger partial charge < -0.3 is 14.6 Å². The van der Waals surface area contributed by atoms with Crippen LogP contribution in [0.15, 0.2) is 72.8 Å². The number of carbonyl (C=O) groups excluding carboxylic acids is 2. The minimum Gasteiger partial charge on any atom is -0.508 e. The summed E-state index contributed by atoms with van der Waals surface area (Å²) in [5.41, 5.74) is 2.62. The fraction of sp³-hybridized carbons (Fsp3) is 0.130. The number of thiol groups is 1. The van der Waals surface area contributed by atoms with Crippen LogP contribution in [0.1, 0.15) is 27.6 Å². The van der Waals surface area contributed by atoms with Gasteiger partial charge in [-0.25, -0.2) is 9.59 Å². The first-order valence-corrected chi connectivity index (χ1v) is 9.63. The molecule has 148 valence electrons. The highest BCUT2D eigenvalue weighted by Gasteiger charge is 2.13. The van der Waals surface area contributed by atoms with Crippen molar-refractivity contribution in [3.8, 4) is 22.6 Å². The van der Waals surface area contributed by atoms with Crippen molar-refractivity contribution in [1.82, 2.24) is 0 Å². The van der Waals surface area contributed by atoms with E-state index >= 15 is 0 Å². The van der Waals surface area contributed by atoms with Gasteiger partial charge in [-0.1, -0.05) is 24.3 Å². The predicted octanol–water partition coefficient (Wildman–Crippen LogP) is 4.75. The maximum Gasteiger partial charge on any atom is 0.343 e. The van der Waals surface area contributed by atoms with Crippen LogP contribution < -0.4 is 4.74 Å². The number of benzene rings is 3. The van der Waals surface area contributed by atoms with E-state index in [0.29, 0.717) is 22.6 Å². The molecule has 0 aliphatic heterocycles. The molecule has 0 aliphatic rings. The summed E-state index contributed by atoms with van der Waals surface area (Å²) in [6, 6.07) is 20.0. The zero-order chi connectivity index (χ0) is 20.8. The molecule has 3 aromatic carbocycles. The van der Waals surface area contributed by atoms with Crippen LogP contribution in [0.4, 0.5) is 0 Å². The van der Waals surface area contributed by atoms with Gasteiger partial charge in [-0.05, 0) is 66.6 Å². The Bertz CT molecular complexity index is 979. The molecule has 0 spiro atoms. The van der Waals surface area contributed by atoms with Crippen molar-refractivity contribution in [2.24, 2.45) is 0 Å². The summed E-state index contributed by atoms with van der Waals surface area (Å²) >= 11 is 4.08. The lowest BCUT2D eigenvalue weighted by atomic mass is 10.0. The van der Waals surface area contributed by atoms with Gasteiger partial charge in [0.1, 0.15) is 17.6 Å². The first-order chi connectivity index (χ1) is 14.0. The number of rotatable bonds is 6. The van der Waals surface area contributed by atoms with Crippen molar-refractivity contribution in [3.05, 3.63) is 83.9 Å². The Kier molecular flexibility index (Phi) is 6.57. The Morgan fingerprint density at radius 2 is 1.31 bits per heavy atom. The van der Waals surface area contributed by atoms with Crippen LogP contribution in [0.5, 0.6) is 11.5 Å². The van der Waals surface area contributed by atoms with Crippen LogP contribution in [0, 0.1) is 0 Å². The number of esters is 2. The molecular formula is C23H20O5S. The topological polar surface area (TPSA) is 72.8 Å². The van der Waals surface area contributed by atoms with E-state index < -0.39 is 11.9 Å². The SMILES string of the molecule is CC(CS)OC(=O)c1ccc(OC(=O)c2ccc(-c3ccc(O)cc3)cc2)cc1. The summed E-state index contributed by atoms with van der Waals surface area (Å²) in [4.78, 5) is 24.3. The Balaban J connectivity index is 1.64. The van der Waals surface area contributed by atoms with E-state index in [9.17, 15) is 14.7 Å². The predicted molar refractivity (Wildman–Crippen MR) is 114 cm³/mol. The zero-order valence-electron chi connectivity index (χ0n) is 15.7. The standard InChI is InChI=1S/C23H20O5S/c1-15(14-29)27-22(25)19-8-12-21(13-9-19)28-23(26)18-4-2-16(3-5-18)17-6-10-20(24)11-7-17/h2-13,15,24,29H,14H2,1H3. The Labute approximate surface area is 174 Å². The average molecular weight is 408 g/mol. The molecule has 1 atom stereocenters. The first-order valence-electron chi connectivity index (χ1n) is 9.00. The van der Waals surface area contributed by atoms with Gasteiger partial charge in [0.2, 0.25) is 0 Å². The van der Waals surface area contributed by atoms with Crippen LogP contribution in [-0.2, 0) is 4.74 Å². The van der Waals surface area contributed by atoms with Gasteiger partial charge in [0.25, 0.3) is 0 Å². The number of phenols is 1. The summed E-state index contributed by atoms with van der Waals surface area (Å²) in [5.74, 6) is 0.0175. The third-order valence-electron chi connectivity index (χ3n) is 4.19. The molecule has 3 aromatic rings. The third kappa shape index (κ3) is 5.39. The molecule has 6 heteroatoms. The van der Waals surface area contributed by atoms with Crippen molar-refractivity contribution in [2.75, 3.05) is 5.75 Å². The smallest absolute Gasteiger partial charge is 0.343 e. The monoisotopic (exact) mass is 408 g/mol. The molecule has 0 aliphatic carbocycles. The van der Waals surface area contributed by atoms with E-state index in [1.54, 1.807) is 67.6 Å². The van der Waals surface area contributed by atoms with Crippen LogP contribution in [0.25, 0.3) is 11.1 Å². The van der Waals surface area contributed by atoms with Crippen LogP contribution in [0.2, 0.25) is 0 Å². The normalized spacial score (nSPS) is 11.5.